The quantitative estimate of drug-likeness (QED) is 0.598. The molecule has 0 spiro atoms. The van der Waals surface area contributed by atoms with Gasteiger partial charge in [-0.25, -0.2) is 4.39 Å². The van der Waals surface area contributed by atoms with E-state index in [-0.39, 0.29) is 18.2 Å². The van der Waals surface area contributed by atoms with E-state index in [0.29, 0.717) is 23.5 Å². The van der Waals surface area contributed by atoms with Gasteiger partial charge in [0.25, 0.3) is 0 Å². The van der Waals surface area contributed by atoms with Gasteiger partial charge in [-0.3, -0.25) is 4.79 Å². The van der Waals surface area contributed by atoms with Gasteiger partial charge in [0.2, 0.25) is 0 Å². The molecule has 15 heavy (non-hydrogen) atoms. The summed E-state index contributed by atoms with van der Waals surface area (Å²) >= 11 is 1.53. The predicted molar refractivity (Wildman–Crippen MR) is 59.8 cm³/mol. The third-order valence-electron chi connectivity index (χ3n) is 1.88. The molecule has 0 amide bonds. The zero-order valence-corrected chi connectivity index (χ0v) is 9.10. The fourth-order valence-corrected chi connectivity index (χ4v) is 1.77. The summed E-state index contributed by atoms with van der Waals surface area (Å²) in [4.78, 5) is 11.5. The van der Waals surface area contributed by atoms with Gasteiger partial charge in [-0.2, -0.15) is 11.8 Å². The van der Waals surface area contributed by atoms with Crippen LogP contribution in [0.1, 0.15) is 16.8 Å². The first-order valence-electron chi connectivity index (χ1n) is 4.71. The predicted octanol–water partition coefficient (Wildman–Crippen LogP) is 2.12. The average Bonchev–Trinajstić information content (AvgIpc) is 2.25. The van der Waals surface area contributed by atoms with Gasteiger partial charge in [0.1, 0.15) is 5.82 Å². The van der Waals surface area contributed by atoms with E-state index >= 15 is 0 Å². The first kappa shape index (κ1) is 12.2. The minimum atomic E-state index is -0.332. The third kappa shape index (κ3) is 4.44. The number of thioether (sulfide) groups is 1. The fraction of sp³-hybridized carbons (Fsp3) is 0.364. The molecule has 1 N–H and O–H groups in total. The van der Waals surface area contributed by atoms with Crippen LogP contribution in [0.5, 0.6) is 0 Å². The topological polar surface area (TPSA) is 37.3 Å². The van der Waals surface area contributed by atoms with E-state index in [1.54, 1.807) is 0 Å². The second kappa shape index (κ2) is 6.58. The average molecular weight is 228 g/mol. The van der Waals surface area contributed by atoms with Gasteiger partial charge in [-0.05, 0) is 24.3 Å². The molecule has 0 aliphatic heterocycles. The molecular weight excluding hydrogens is 215 g/mol. The highest BCUT2D eigenvalue weighted by Crippen LogP contribution is 2.09. The van der Waals surface area contributed by atoms with E-state index in [1.165, 1.54) is 36.0 Å². The van der Waals surface area contributed by atoms with Crippen LogP contribution in [0.25, 0.3) is 0 Å². The van der Waals surface area contributed by atoms with Gasteiger partial charge in [0.05, 0.1) is 6.61 Å². The summed E-state index contributed by atoms with van der Waals surface area (Å²) in [5.74, 6) is 1.02. The van der Waals surface area contributed by atoms with Crippen molar-refractivity contribution in [3.8, 4) is 0 Å². The van der Waals surface area contributed by atoms with Crippen LogP contribution in [0, 0.1) is 5.82 Å². The molecule has 0 saturated carbocycles. The van der Waals surface area contributed by atoms with Crippen molar-refractivity contribution in [3.05, 3.63) is 35.6 Å². The van der Waals surface area contributed by atoms with Crippen molar-refractivity contribution in [2.24, 2.45) is 0 Å². The van der Waals surface area contributed by atoms with Gasteiger partial charge in [-0.1, -0.05) is 0 Å². The number of Topliss-reactive ketones (excluding diaryl/α,β-unsaturated/α-hetero) is 1. The van der Waals surface area contributed by atoms with Crippen molar-refractivity contribution in [2.75, 3.05) is 18.1 Å². The van der Waals surface area contributed by atoms with Crippen molar-refractivity contribution in [2.45, 2.75) is 6.42 Å². The molecule has 0 heterocycles. The highest BCUT2D eigenvalue weighted by molar-refractivity contribution is 7.99. The number of hydrogen-bond donors (Lipinski definition) is 1. The largest absolute Gasteiger partial charge is 0.396 e. The highest BCUT2D eigenvalue weighted by atomic mass is 32.2. The lowest BCUT2D eigenvalue weighted by atomic mass is 10.1. The van der Waals surface area contributed by atoms with Crippen molar-refractivity contribution in [1.29, 1.82) is 0 Å². The molecule has 0 fully saturated rings. The van der Waals surface area contributed by atoms with Gasteiger partial charge in [-0.15, -0.1) is 0 Å². The summed E-state index contributed by atoms with van der Waals surface area (Å²) in [7, 11) is 0. The minimum absolute atomic E-state index is 0.0143. The number of hydrogen-bond acceptors (Lipinski definition) is 3. The maximum Gasteiger partial charge on any atom is 0.163 e. The summed E-state index contributed by atoms with van der Waals surface area (Å²) in [5, 5.41) is 8.53. The lowest BCUT2D eigenvalue weighted by Crippen LogP contribution is -2.01. The first-order valence-corrected chi connectivity index (χ1v) is 5.87. The molecule has 0 saturated heterocycles. The lowest BCUT2D eigenvalue weighted by molar-refractivity contribution is 0.0989. The number of carbonyl (C=O) groups is 1. The van der Waals surface area contributed by atoms with Crippen LogP contribution in [-0.4, -0.2) is 29.0 Å². The maximum absolute atomic E-state index is 12.6. The standard InChI is InChI=1S/C11H13FO2S/c12-10-3-1-9(2-4-10)11(14)5-7-15-8-6-13/h1-4,13H,5-8H2. The van der Waals surface area contributed by atoms with Crippen molar-refractivity contribution in [1.82, 2.24) is 0 Å². The second-order valence-electron chi connectivity index (χ2n) is 3.02. The maximum atomic E-state index is 12.6. The SMILES string of the molecule is O=C(CCSCCO)c1ccc(F)cc1. The number of carbonyl (C=O) groups excluding carboxylic acids is 1. The molecule has 1 rings (SSSR count). The molecule has 1 aromatic carbocycles. The van der Waals surface area contributed by atoms with Crippen LogP contribution in [-0.2, 0) is 0 Å². The number of rotatable bonds is 6. The van der Waals surface area contributed by atoms with Crippen LogP contribution in [0.2, 0.25) is 0 Å². The van der Waals surface area contributed by atoms with Gasteiger partial charge in [0, 0.05) is 23.5 Å². The summed E-state index contributed by atoms with van der Waals surface area (Å²) in [5.41, 5.74) is 0.543. The Balaban J connectivity index is 2.37. The molecule has 4 heteroatoms. The van der Waals surface area contributed by atoms with Crippen LogP contribution in [0.3, 0.4) is 0 Å². The van der Waals surface area contributed by atoms with E-state index in [1.807, 2.05) is 0 Å². The van der Waals surface area contributed by atoms with Crippen molar-refractivity contribution in [3.63, 3.8) is 0 Å². The second-order valence-corrected chi connectivity index (χ2v) is 4.24. The monoisotopic (exact) mass is 228 g/mol. The Morgan fingerprint density at radius 1 is 1.27 bits per heavy atom. The number of ketones is 1. The normalized spacial score (nSPS) is 10.3. The van der Waals surface area contributed by atoms with E-state index in [0.717, 1.165) is 0 Å². The molecule has 1 aromatic rings. The molecule has 0 bridgehead atoms. The summed E-state index contributed by atoms with van der Waals surface area (Å²) in [6.45, 7) is 0.134. The zero-order valence-electron chi connectivity index (χ0n) is 8.28. The highest BCUT2D eigenvalue weighted by Gasteiger charge is 2.05. The van der Waals surface area contributed by atoms with E-state index in [9.17, 15) is 9.18 Å². The third-order valence-corrected chi connectivity index (χ3v) is 2.84. The van der Waals surface area contributed by atoms with Gasteiger partial charge in [0.15, 0.2) is 5.78 Å². The smallest absolute Gasteiger partial charge is 0.163 e. The number of halogens is 1. The van der Waals surface area contributed by atoms with Gasteiger partial charge >= 0.3 is 0 Å². The molecule has 0 unspecified atom stereocenters. The van der Waals surface area contributed by atoms with Gasteiger partial charge < -0.3 is 5.11 Å². The summed E-state index contributed by atoms with van der Waals surface area (Å²) in [6, 6.07) is 5.56. The molecule has 82 valence electrons. The summed E-state index contributed by atoms with van der Waals surface area (Å²) < 4.78 is 12.6. The van der Waals surface area contributed by atoms with Crippen molar-refractivity contribution < 1.29 is 14.3 Å². The van der Waals surface area contributed by atoms with E-state index in [4.69, 9.17) is 5.11 Å². The Hall–Kier alpha value is -0.870. The number of benzene rings is 1. The minimum Gasteiger partial charge on any atom is -0.396 e. The zero-order chi connectivity index (χ0) is 11.1. The van der Waals surface area contributed by atoms with Crippen LogP contribution < -0.4 is 0 Å². The Morgan fingerprint density at radius 2 is 1.93 bits per heavy atom. The first-order chi connectivity index (χ1) is 7.24. The molecular formula is C11H13FO2S. The Kier molecular flexibility index (Phi) is 5.36. The van der Waals surface area contributed by atoms with Crippen LogP contribution in [0.15, 0.2) is 24.3 Å². The van der Waals surface area contributed by atoms with Crippen LogP contribution >= 0.6 is 11.8 Å². The van der Waals surface area contributed by atoms with Crippen LogP contribution in [0.4, 0.5) is 4.39 Å². The lowest BCUT2D eigenvalue weighted by Gasteiger charge is -2.00. The van der Waals surface area contributed by atoms with E-state index < -0.39 is 0 Å². The number of aliphatic hydroxyl groups excluding tert-OH is 1. The summed E-state index contributed by atoms with van der Waals surface area (Å²) in [6.07, 6.45) is 0.427. The Labute approximate surface area is 92.5 Å². The fourth-order valence-electron chi connectivity index (χ4n) is 1.11. The molecule has 0 aliphatic carbocycles. The number of aliphatic hydroxyl groups is 1. The van der Waals surface area contributed by atoms with Crippen molar-refractivity contribution >= 4 is 17.5 Å². The molecule has 2 nitrogen and oxygen atoms in total. The molecule has 0 atom stereocenters. The molecule has 0 aromatic heterocycles. The molecule has 0 aliphatic rings. The Bertz CT molecular complexity index is 311. The Morgan fingerprint density at radius 3 is 2.53 bits per heavy atom. The molecule has 0 radical (unpaired) electrons. The van der Waals surface area contributed by atoms with E-state index in [2.05, 4.69) is 0 Å².